The van der Waals surface area contributed by atoms with Gasteiger partial charge in [-0.3, -0.25) is 0 Å². The SMILES string of the molecule is C[C@@H](Oc1c(Cl)cc(Cl)cc1Cl)C(=O)[O-].[Na+]. The van der Waals surface area contributed by atoms with Crippen LogP contribution < -0.4 is 39.4 Å². The summed E-state index contributed by atoms with van der Waals surface area (Å²) in [5.41, 5.74) is 0. The summed E-state index contributed by atoms with van der Waals surface area (Å²) >= 11 is 17.2. The molecule has 0 heterocycles. The van der Waals surface area contributed by atoms with Crippen molar-refractivity contribution in [2.75, 3.05) is 0 Å². The van der Waals surface area contributed by atoms with Crippen LogP contribution in [0.2, 0.25) is 15.1 Å². The van der Waals surface area contributed by atoms with Crippen molar-refractivity contribution in [3.63, 3.8) is 0 Å². The number of halogens is 3. The van der Waals surface area contributed by atoms with Crippen LogP contribution in [0.1, 0.15) is 6.92 Å². The number of aliphatic carboxylic acids is 1. The molecule has 1 aromatic carbocycles. The first-order chi connectivity index (χ1) is 6.91. The Balaban J connectivity index is 0.00000225. The van der Waals surface area contributed by atoms with Crippen LogP contribution in [0.3, 0.4) is 0 Å². The topological polar surface area (TPSA) is 49.4 Å². The van der Waals surface area contributed by atoms with Gasteiger partial charge in [0, 0.05) is 5.02 Å². The van der Waals surface area contributed by atoms with Gasteiger partial charge < -0.3 is 14.6 Å². The van der Waals surface area contributed by atoms with Gasteiger partial charge in [-0.1, -0.05) is 34.8 Å². The maximum Gasteiger partial charge on any atom is 1.00 e. The summed E-state index contributed by atoms with van der Waals surface area (Å²) in [4.78, 5) is 10.4. The van der Waals surface area contributed by atoms with E-state index >= 15 is 0 Å². The summed E-state index contributed by atoms with van der Waals surface area (Å²) in [5.74, 6) is -1.27. The van der Waals surface area contributed by atoms with Gasteiger partial charge in [0.05, 0.1) is 16.0 Å². The van der Waals surface area contributed by atoms with Gasteiger partial charge in [-0.15, -0.1) is 0 Å². The third-order valence-electron chi connectivity index (χ3n) is 1.59. The fraction of sp³-hybridized carbons (Fsp3) is 0.222. The predicted octanol–water partition coefficient (Wildman–Crippen LogP) is -0.832. The van der Waals surface area contributed by atoms with Gasteiger partial charge in [0.1, 0.15) is 6.10 Å². The molecule has 0 spiro atoms. The minimum absolute atomic E-state index is 0. The third-order valence-corrected chi connectivity index (χ3v) is 2.37. The van der Waals surface area contributed by atoms with Crippen LogP contribution in [0.25, 0.3) is 0 Å². The molecule has 0 aliphatic rings. The minimum Gasteiger partial charge on any atom is -0.546 e. The van der Waals surface area contributed by atoms with Gasteiger partial charge in [0.2, 0.25) is 0 Å². The monoisotopic (exact) mass is 290 g/mol. The zero-order chi connectivity index (χ0) is 11.6. The Labute approximate surface area is 130 Å². The largest absolute Gasteiger partial charge is 1.00 e. The van der Waals surface area contributed by atoms with Gasteiger partial charge in [0.15, 0.2) is 5.75 Å². The number of rotatable bonds is 3. The van der Waals surface area contributed by atoms with E-state index in [-0.39, 0.29) is 45.4 Å². The molecular weight excluding hydrogens is 285 g/mol. The molecule has 0 amide bonds. The van der Waals surface area contributed by atoms with Gasteiger partial charge in [0.25, 0.3) is 0 Å². The molecule has 0 aliphatic carbocycles. The van der Waals surface area contributed by atoms with E-state index in [9.17, 15) is 9.90 Å². The summed E-state index contributed by atoms with van der Waals surface area (Å²) in [6.07, 6.45) is -1.14. The van der Waals surface area contributed by atoms with Crippen LogP contribution in [-0.2, 0) is 4.79 Å². The molecule has 1 rings (SSSR count). The first kappa shape index (κ1) is 16.4. The molecule has 0 radical (unpaired) electrons. The summed E-state index contributed by atoms with van der Waals surface area (Å²) in [6.45, 7) is 1.32. The number of benzene rings is 1. The van der Waals surface area contributed by atoms with Crippen molar-refractivity contribution in [3.05, 3.63) is 27.2 Å². The molecule has 0 aliphatic heterocycles. The van der Waals surface area contributed by atoms with Crippen molar-refractivity contribution in [1.82, 2.24) is 0 Å². The molecular formula is C9H6Cl3NaO3. The maximum absolute atomic E-state index is 10.4. The fourth-order valence-corrected chi connectivity index (χ4v) is 1.77. The van der Waals surface area contributed by atoms with Crippen molar-refractivity contribution in [2.45, 2.75) is 13.0 Å². The van der Waals surface area contributed by atoms with Gasteiger partial charge in [-0.05, 0) is 19.1 Å². The van der Waals surface area contributed by atoms with Crippen LogP contribution in [0.15, 0.2) is 12.1 Å². The number of hydrogen-bond acceptors (Lipinski definition) is 3. The van der Waals surface area contributed by atoms with Crippen LogP contribution in [0, 0.1) is 0 Å². The predicted molar refractivity (Wildman–Crippen MR) is 56.6 cm³/mol. The normalized spacial score (nSPS) is 11.5. The first-order valence-corrected chi connectivity index (χ1v) is 5.07. The van der Waals surface area contributed by atoms with Crippen molar-refractivity contribution >= 4 is 40.8 Å². The summed E-state index contributed by atoms with van der Waals surface area (Å²) in [6, 6.07) is 2.82. The Hall–Kier alpha value is 0.360. The van der Waals surface area contributed by atoms with Crippen LogP contribution in [-0.4, -0.2) is 12.1 Å². The molecule has 0 aromatic heterocycles. The molecule has 1 aromatic rings. The number of ether oxygens (including phenoxy) is 1. The maximum atomic E-state index is 10.4. The molecule has 0 fully saturated rings. The zero-order valence-electron chi connectivity index (χ0n) is 8.59. The Morgan fingerprint density at radius 3 is 2.12 bits per heavy atom. The molecule has 1 atom stereocenters. The summed E-state index contributed by atoms with van der Waals surface area (Å²) in [5, 5.41) is 11.1. The summed E-state index contributed by atoms with van der Waals surface area (Å²) in [7, 11) is 0. The van der Waals surface area contributed by atoms with Gasteiger partial charge in [-0.25, -0.2) is 0 Å². The van der Waals surface area contributed by atoms with E-state index in [1.807, 2.05) is 0 Å². The second-order valence-corrected chi connectivity index (χ2v) is 4.03. The van der Waals surface area contributed by atoms with Crippen molar-refractivity contribution in [3.8, 4) is 5.75 Å². The molecule has 0 unspecified atom stereocenters. The molecule has 16 heavy (non-hydrogen) atoms. The van der Waals surface area contributed by atoms with Crippen molar-refractivity contribution < 1.29 is 44.2 Å². The number of carboxylic acid groups (broad SMARTS) is 1. The average molecular weight is 291 g/mol. The number of carboxylic acids is 1. The quantitative estimate of drug-likeness (QED) is 0.683. The zero-order valence-corrected chi connectivity index (χ0v) is 12.9. The number of carbonyl (C=O) groups excluding carboxylic acids is 1. The Bertz CT molecular complexity index is 375. The molecule has 3 nitrogen and oxygen atoms in total. The van der Waals surface area contributed by atoms with Crippen LogP contribution in [0.5, 0.6) is 5.75 Å². The fourth-order valence-electron chi connectivity index (χ4n) is 0.866. The minimum atomic E-state index is -1.35. The van der Waals surface area contributed by atoms with E-state index in [4.69, 9.17) is 39.5 Å². The second-order valence-electron chi connectivity index (χ2n) is 2.78. The number of hydrogen-bond donors (Lipinski definition) is 0. The number of carbonyl (C=O) groups is 1. The molecule has 82 valence electrons. The van der Waals surface area contributed by atoms with Gasteiger partial charge >= 0.3 is 29.6 Å². The molecule has 0 saturated carbocycles. The van der Waals surface area contributed by atoms with E-state index in [1.54, 1.807) is 0 Å². The van der Waals surface area contributed by atoms with E-state index in [2.05, 4.69) is 0 Å². The molecule has 7 heteroatoms. The molecule has 0 saturated heterocycles. The molecule has 0 N–H and O–H groups in total. The molecule has 0 bridgehead atoms. The van der Waals surface area contributed by atoms with Crippen molar-refractivity contribution in [1.29, 1.82) is 0 Å². The van der Waals surface area contributed by atoms with Crippen LogP contribution in [0.4, 0.5) is 0 Å². The van der Waals surface area contributed by atoms with E-state index in [0.29, 0.717) is 5.02 Å². The summed E-state index contributed by atoms with van der Waals surface area (Å²) < 4.78 is 5.01. The first-order valence-electron chi connectivity index (χ1n) is 3.94. The Morgan fingerprint density at radius 2 is 1.75 bits per heavy atom. The van der Waals surface area contributed by atoms with Crippen molar-refractivity contribution in [2.24, 2.45) is 0 Å². The van der Waals surface area contributed by atoms with Gasteiger partial charge in [-0.2, -0.15) is 0 Å². The Morgan fingerprint density at radius 1 is 1.31 bits per heavy atom. The second kappa shape index (κ2) is 6.94. The standard InChI is InChI=1S/C9H7Cl3O3.Na/c1-4(9(13)14)15-8-6(11)2-5(10)3-7(8)12;/h2-4H,1H3,(H,13,14);/q;+1/p-1/t4-;/m1./s1. The average Bonchev–Trinajstić information content (AvgIpc) is 2.10. The third kappa shape index (κ3) is 4.32. The Kier molecular flexibility index (Phi) is 7.10. The van der Waals surface area contributed by atoms with Crippen LogP contribution >= 0.6 is 34.8 Å². The van der Waals surface area contributed by atoms with E-state index in [0.717, 1.165) is 0 Å². The van der Waals surface area contributed by atoms with E-state index in [1.165, 1.54) is 19.1 Å². The van der Waals surface area contributed by atoms with E-state index < -0.39 is 12.1 Å². The smallest absolute Gasteiger partial charge is 0.546 e.